The van der Waals surface area contributed by atoms with Crippen LogP contribution < -0.4 is 0 Å². The summed E-state index contributed by atoms with van der Waals surface area (Å²) in [5.41, 5.74) is 4.22. The van der Waals surface area contributed by atoms with Crippen molar-refractivity contribution in [2.24, 2.45) is 0 Å². The second-order valence-electron chi connectivity index (χ2n) is 5.40. The third-order valence-electron chi connectivity index (χ3n) is 3.83. The van der Waals surface area contributed by atoms with Gasteiger partial charge in [-0.25, -0.2) is 0 Å². The largest absolute Gasteiger partial charge is 0.285 e. The lowest BCUT2D eigenvalue weighted by Crippen LogP contribution is -2.19. The van der Waals surface area contributed by atoms with E-state index in [-0.39, 0.29) is 5.41 Å². The van der Waals surface area contributed by atoms with Crippen molar-refractivity contribution in [1.29, 1.82) is 0 Å². The summed E-state index contributed by atoms with van der Waals surface area (Å²) in [7, 11) is 0. The highest BCUT2D eigenvalue weighted by Crippen LogP contribution is 2.32. The van der Waals surface area contributed by atoms with Crippen molar-refractivity contribution < 1.29 is 0 Å². The van der Waals surface area contributed by atoms with Gasteiger partial charge in [0.2, 0.25) is 0 Å². The Bertz CT molecular complexity index is 711. The fraction of sp³-hybridized carbons (Fsp3) is 0.111. The van der Waals surface area contributed by atoms with Gasteiger partial charge in [-0.05, 0) is 35.7 Å². The lowest BCUT2D eigenvalue weighted by atomic mass is 9.78. The van der Waals surface area contributed by atoms with Gasteiger partial charge in [-0.2, -0.15) is 5.10 Å². The van der Waals surface area contributed by atoms with Crippen LogP contribution in [0.5, 0.6) is 0 Å². The molecule has 0 saturated heterocycles. The van der Waals surface area contributed by atoms with E-state index >= 15 is 0 Å². The molecule has 0 bridgehead atoms. The summed E-state index contributed by atoms with van der Waals surface area (Å²) in [4.78, 5) is 0. The van der Waals surface area contributed by atoms with Gasteiger partial charge in [-0.15, -0.1) is 0 Å². The fourth-order valence-corrected chi connectivity index (χ4v) is 2.55. The van der Waals surface area contributed by atoms with E-state index in [1.807, 2.05) is 36.7 Å². The summed E-state index contributed by atoms with van der Waals surface area (Å²) in [6.07, 6.45) is 3.70. The van der Waals surface area contributed by atoms with Crippen LogP contribution in [0, 0.1) is 6.92 Å². The number of halogens is 1. The predicted octanol–water partition coefficient (Wildman–Crippen LogP) is 4.87. The Morgan fingerprint density at radius 1 is 0.952 bits per heavy atom. The molecule has 2 nitrogen and oxygen atoms in total. The zero-order valence-electron chi connectivity index (χ0n) is 11.8. The first kappa shape index (κ1) is 13.9. The molecule has 2 aromatic carbocycles. The highest BCUT2D eigenvalue weighted by Gasteiger charge is 2.23. The maximum Gasteiger partial charge on any atom is 0.0565 e. The summed E-state index contributed by atoms with van der Waals surface area (Å²) in [5, 5.41) is 7.55. The minimum absolute atomic E-state index is 0.306. The predicted molar refractivity (Wildman–Crippen MR) is 87.3 cm³/mol. The average Bonchev–Trinajstić information content (AvgIpc) is 3.02. The number of H-pyrrole nitrogens is 1. The molecule has 0 amide bonds. The van der Waals surface area contributed by atoms with Gasteiger partial charge in [0.1, 0.15) is 0 Å². The molecule has 0 aliphatic rings. The van der Waals surface area contributed by atoms with Gasteiger partial charge in [-0.1, -0.05) is 54.9 Å². The molecule has 1 heterocycles. The molecule has 1 unspecified atom stereocenters. The Morgan fingerprint density at radius 3 is 2.05 bits per heavy atom. The smallest absolute Gasteiger partial charge is 0.0565 e. The molecule has 1 radical (unpaired) electrons. The van der Waals surface area contributed by atoms with Crippen LogP contribution >= 0.6 is 11.6 Å². The molecular weight excluding hydrogens is 280 g/mol. The summed E-state index contributed by atoms with van der Waals surface area (Å²) >= 11 is 5.96. The Hall–Kier alpha value is -2.06. The third-order valence-corrected chi connectivity index (χ3v) is 4.09. The van der Waals surface area contributed by atoms with Crippen molar-refractivity contribution in [2.45, 2.75) is 12.3 Å². The molecule has 0 aliphatic heterocycles. The van der Waals surface area contributed by atoms with Crippen molar-refractivity contribution in [3.05, 3.63) is 84.0 Å². The van der Waals surface area contributed by atoms with Crippen LogP contribution in [0.1, 0.15) is 18.1 Å². The molecule has 0 spiro atoms. The molecular formula is C18H16ClN2. The summed E-state index contributed by atoms with van der Waals surface area (Å²) in [6.45, 7) is 6.49. The molecule has 0 saturated carbocycles. The van der Waals surface area contributed by atoms with Crippen molar-refractivity contribution >= 4 is 11.6 Å². The van der Waals surface area contributed by atoms with E-state index in [0.29, 0.717) is 0 Å². The lowest BCUT2D eigenvalue weighted by Gasteiger charge is -2.26. The van der Waals surface area contributed by atoms with Crippen LogP contribution in [0.2, 0.25) is 5.02 Å². The molecule has 3 rings (SSSR count). The van der Waals surface area contributed by atoms with Crippen molar-refractivity contribution in [3.63, 3.8) is 0 Å². The van der Waals surface area contributed by atoms with Crippen LogP contribution in [0.3, 0.4) is 0 Å². The van der Waals surface area contributed by atoms with Gasteiger partial charge in [0, 0.05) is 22.2 Å². The molecule has 1 N–H and O–H groups in total. The first-order chi connectivity index (χ1) is 10.1. The standard InChI is InChI=1S/C18H16ClN2/c1-18(2,16-7-9-17(19)10-8-16)15-5-3-13(4-6-15)14-11-20-21-12-14/h3-12H,1H2,2H3,(H,20,21). The maximum absolute atomic E-state index is 5.96. The first-order valence-electron chi connectivity index (χ1n) is 6.78. The quantitative estimate of drug-likeness (QED) is 0.733. The van der Waals surface area contributed by atoms with Gasteiger partial charge < -0.3 is 0 Å². The molecule has 1 atom stereocenters. The fourth-order valence-electron chi connectivity index (χ4n) is 2.42. The van der Waals surface area contributed by atoms with Crippen molar-refractivity contribution in [1.82, 2.24) is 10.2 Å². The SMILES string of the molecule is [CH2]C(C)(c1ccc(Cl)cc1)c1ccc(-c2cn[nH]c2)cc1. The van der Waals surface area contributed by atoms with E-state index in [9.17, 15) is 0 Å². The number of aromatic nitrogens is 2. The van der Waals surface area contributed by atoms with Gasteiger partial charge >= 0.3 is 0 Å². The Kier molecular flexibility index (Phi) is 3.56. The zero-order chi connectivity index (χ0) is 14.9. The molecule has 3 aromatic rings. The van der Waals surface area contributed by atoms with Crippen molar-refractivity contribution in [3.8, 4) is 11.1 Å². The second kappa shape index (κ2) is 5.38. The Labute approximate surface area is 129 Å². The van der Waals surface area contributed by atoms with Crippen molar-refractivity contribution in [2.75, 3.05) is 0 Å². The average molecular weight is 296 g/mol. The highest BCUT2D eigenvalue weighted by atomic mass is 35.5. The van der Waals surface area contributed by atoms with Gasteiger partial charge in [-0.3, -0.25) is 5.10 Å². The van der Waals surface area contributed by atoms with Gasteiger partial charge in [0.25, 0.3) is 0 Å². The number of hydrogen-bond donors (Lipinski definition) is 1. The normalized spacial score (nSPS) is 11.6. The third kappa shape index (κ3) is 2.72. The van der Waals surface area contributed by atoms with Crippen LogP contribution in [0.25, 0.3) is 11.1 Å². The topological polar surface area (TPSA) is 28.7 Å². The highest BCUT2D eigenvalue weighted by molar-refractivity contribution is 6.30. The monoisotopic (exact) mass is 295 g/mol. The molecule has 0 fully saturated rings. The van der Waals surface area contributed by atoms with E-state index in [0.717, 1.165) is 27.3 Å². The lowest BCUT2D eigenvalue weighted by molar-refractivity contribution is 0.719. The maximum atomic E-state index is 5.96. The summed E-state index contributed by atoms with van der Waals surface area (Å²) in [6, 6.07) is 16.3. The zero-order valence-corrected chi connectivity index (χ0v) is 12.6. The van der Waals surface area contributed by atoms with E-state index in [1.165, 1.54) is 0 Å². The number of nitrogens with one attached hydrogen (secondary N) is 1. The molecule has 3 heteroatoms. The number of aromatic amines is 1. The number of hydrogen-bond acceptors (Lipinski definition) is 1. The van der Waals surface area contributed by atoms with E-state index in [1.54, 1.807) is 0 Å². The second-order valence-corrected chi connectivity index (χ2v) is 5.84. The number of nitrogens with zero attached hydrogens (tertiary/aromatic N) is 1. The van der Waals surface area contributed by atoms with Crippen LogP contribution in [-0.4, -0.2) is 10.2 Å². The Morgan fingerprint density at radius 2 is 1.52 bits per heavy atom. The van der Waals surface area contributed by atoms with E-state index in [4.69, 9.17) is 11.6 Å². The molecule has 1 aromatic heterocycles. The Balaban J connectivity index is 1.94. The summed E-state index contributed by atoms with van der Waals surface area (Å²) < 4.78 is 0. The minimum Gasteiger partial charge on any atom is -0.285 e. The number of rotatable bonds is 3. The van der Waals surface area contributed by atoms with Crippen LogP contribution in [0.15, 0.2) is 60.9 Å². The van der Waals surface area contributed by atoms with Crippen LogP contribution in [-0.2, 0) is 5.41 Å². The van der Waals surface area contributed by atoms with Crippen LogP contribution in [0.4, 0.5) is 0 Å². The van der Waals surface area contributed by atoms with Gasteiger partial charge in [0.05, 0.1) is 6.20 Å². The van der Waals surface area contributed by atoms with Gasteiger partial charge in [0.15, 0.2) is 0 Å². The van der Waals surface area contributed by atoms with E-state index in [2.05, 4.69) is 48.3 Å². The molecule has 21 heavy (non-hydrogen) atoms. The number of benzene rings is 2. The van der Waals surface area contributed by atoms with E-state index < -0.39 is 0 Å². The summed E-state index contributed by atoms with van der Waals surface area (Å²) in [5.74, 6) is 0. The minimum atomic E-state index is -0.306. The first-order valence-corrected chi connectivity index (χ1v) is 7.16. The molecule has 0 aliphatic carbocycles. The molecule has 105 valence electrons.